The molecule has 0 aliphatic carbocycles. The molecule has 5 aromatic rings. The SMILES string of the molecule is COc1ccc2cc1OCCCN(C(=O)c1ccc(C)nc1)CCCCN(C(=O)Cc1cn3ccsc3n1)CCn1ccnc1-2. The summed E-state index contributed by atoms with van der Waals surface area (Å²) in [6, 6.07) is 9.45. The number of fused-ring (bicyclic) bond motifs is 5. The van der Waals surface area contributed by atoms with Crippen LogP contribution in [0.25, 0.3) is 16.3 Å². The first-order valence-corrected chi connectivity index (χ1v) is 16.1. The number of methoxy groups -OCH3 is 1. The maximum Gasteiger partial charge on any atom is 0.255 e. The molecule has 1 aliphatic rings. The maximum absolute atomic E-state index is 13.7. The van der Waals surface area contributed by atoms with Crippen molar-refractivity contribution in [3.05, 3.63) is 83.6 Å². The highest BCUT2D eigenvalue weighted by atomic mass is 32.1. The van der Waals surface area contributed by atoms with E-state index in [4.69, 9.17) is 9.47 Å². The number of rotatable bonds is 4. The molecule has 0 saturated heterocycles. The minimum atomic E-state index is -0.0573. The molecule has 0 N–H and O–H groups in total. The van der Waals surface area contributed by atoms with E-state index in [1.54, 1.807) is 30.8 Å². The fourth-order valence-electron chi connectivity index (χ4n) is 5.53. The van der Waals surface area contributed by atoms with Gasteiger partial charge in [0.1, 0.15) is 5.82 Å². The Kier molecular flexibility index (Phi) is 9.39. The molecule has 0 saturated carbocycles. The van der Waals surface area contributed by atoms with Gasteiger partial charge in [-0.1, -0.05) is 0 Å². The molecule has 0 atom stereocenters. The van der Waals surface area contributed by atoms with Crippen LogP contribution in [0.1, 0.15) is 41.0 Å². The molecule has 45 heavy (non-hydrogen) atoms. The summed E-state index contributed by atoms with van der Waals surface area (Å²) in [6.45, 7) is 5.08. The zero-order valence-corrected chi connectivity index (χ0v) is 26.4. The number of imidazole rings is 2. The van der Waals surface area contributed by atoms with Crippen molar-refractivity contribution in [2.75, 3.05) is 39.9 Å². The molecule has 0 unspecified atom stereocenters. The van der Waals surface area contributed by atoms with Gasteiger partial charge in [0.25, 0.3) is 5.91 Å². The Balaban J connectivity index is 1.24. The van der Waals surface area contributed by atoms with Crippen molar-refractivity contribution in [2.24, 2.45) is 0 Å². The number of carbonyl (C=O) groups is 2. The third-order valence-corrected chi connectivity index (χ3v) is 8.73. The largest absolute Gasteiger partial charge is 0.493 e. The second-order valence-corrected chi connectivity index (χ2v) is 12.0. The van der Waals surface area contributed by atoms with Gasteiger partial charge in [-0.3, -0.25) is 19.0 Å². The molecule has 0 spiro atoms. The average molecular weight is 628 g/mol. The van der Waals surface area contributed by atoms with Gasteiger partial charge in [-0.2, -0.15) is 0 Å². The molecule has 234 valence electrons. The Morgan fingerprint density at radius 3 is 2.62 bits per heavy atom. The van der Waals surface area contributed by atoms with Crippen LogP contribution in [0.4, 0.5) is 0 Å². The minimum absolute atomic E-state index is 0.0270. The molecule has 0 radical (unpaired) electrons. The van der Waals surface area contributed by atoms with Crippen molar-refractivity contribution in [3.63, 3.8) is 0 Å². The molecule has 6 rings (SSSR count). The summed E-state index contributed by atoms with van der Waals surface area (Å²) in [5, 5.41) is 1.98. The Morgan fingerprint density at radius 1 is 0.978 bits per heavy atom. The Labute approximate surface area is 266 Å². The number of pyridine rings is 1. The van der Waals surface area contributed by atoms with Gasteiger partial charge in [-0.05, 0) is 56.5 Å². The summed E-state index contributed by atoms with van der Waals surface area (Å²) in [5.74, 6) is 2.00. The monoisotopic (exact) mass is 627 g/mol. The first-order valence-electron chi connectivity index (χ1n) is 15.2. The van der Waals surface area contributed by atoms with Gasteiger partial charge < -0.3 is 23.8 Å². The summed E-state index contributed by atoms with van der Waals surface area (Å²) in [6.07, 6.45) is 11.6. The van der Waals surface area contributed by atoms with Gasteiger partial charge >= 0.3 is 0 Å². The van der Waals surface area contributed by atoms with Crippen LogP contribution >= 0.6 is 11.3 Å². The molecule has 2 amide bonds. The van der Waals surface area contributed by atoms with Crippen LogP contribution in [-0.4, -0.2) is 85.4 Å². The van der Waals surface area contributed by atoms with Crippen LogP contribution in [-0.2, 0) is 17.8 Å². The zero-order valence-electron chi connectivity index (χ0n) is 25.6. The Morgan fingerprint density at radius 2 is 1.82 bits per heavy atom. The van der Waals surface area contributed by atoms with Gasteiger partial charge in [0.05, 0.1) is 31.4 Å². The minimum Gasteiger partial charge on any atom is -0.493 e. The summed E-state index contributed by atoms with van der Waals surface area (Å²) in [5.41, 5.74) is 3.07. The normalized spacial score (nSPS) is 14.9. The van der Waals surface area contributed by atoms with E-state index >= 15 is 0 Å². The van der Waals surface area contributed by atoms with Crippen molar-refractivity contribution in [3.8, 4) is 22.9 Å². The molecule has 5 heterocycles. The molecule has 0 fully saturated rings. The number of aryl methyl sites for hydroxylation is 1. The fourth-order valence-corrected chi connectivity index (χ4v) is 6.25. The molecule has 12 heteroatoms. The summed E-state index contributed by atoms with van der Waals surface area (Å²) in [4.78, 5) is 45.4. The van der Waals surface area contributed by atoms with Crippen LogP contribution in [0.3, 0.4) is 0 Å². The van der Waals surface area contributed by atoms with Gasteiger partial charge in [0.15, 0.2) is 16.5 Å². The van der Waals surface area contributed by atoms with E-state index in [1.807, 2.05) is 75.4 Å². The van der Waals surface area contributed by atoms with Crippen LogP contribution in [0, 0.1) is 6.92 Å². The average Bonchev–Trinajstić information content (AvgIpc) is 3.78. The summed E-state index contributed by atoms with van der Waals surface area (Å²) < 4.78 is 15.8. The predicted octanol–water partition coefficient (Wildman–Crippen LogP) is 4.75. The number of aromatic nitrogens is 5. The number of hydrogen-bond donors (Lipinski definition) is 0. The maximum atomic E-state index is 13.7. The van der Waals surface area contributed by atoms with Crippen molar-refractivity contribution >= 4 is 28.1 Å². The molecule has 1 aromatic carbocycles. The second-order valence-electron chi connectivity index (χ2n) is 11.1. The van der Waals surface area contributed by atoms with E-state index in [0.717, 1.165) is 40.6 Å². The molecular weight excluding hydrogens is 590 g/mol. The van der Waals surface area contributed by atoms with E-state index in [2.05, 4.69) is 19.5 Å². The molecule has 4 aromatic heterocycles. The van der Waals surface area contributed by atoms with Crippen LogP contribution in [0.2, 0.25) is 0 Å². The second kappa shape index (κ2) is 13.9. The van der Waals surface area contributed by atoms with E-state index in [1.165, 1.54) is 0 Å². The Bertz CT molecular complexity index is 1730. The number of thiazole rings is 1. The molecule has 1 aliphatic heterocycles. The van der Waals surface area contributed by atoms with E-state index in [-0.39, 0.29) is 18.2 Å². The van der Waals surface area contributed by atoms with E-state index in [9.17, 15) is 9.59 Å². The molecule has 11 nitrogen and oxygen atoms in total. The molecule has 2 bridgehead atoms. The number of benzene rings is 1. The molecular formula is C33H37N7O4S. The van der Waals surface area contributed by atoms with Crippen molar-refractivity contribution in [1.82, 2.24) is 33.7 Å². The van der Waals surface area contributed by atoms with Crippen molar-refractivity contribution in [1.29, 1.82) is 0 Å². The Hall–Kier alpha value is -4.71. The lowest BCUT2D eigenvalue weighted by Gasteiger charge is -2.25. The number of ether oxygens (including phenoxy) is 2. The lowest BCUT2D eigenvalue weighted by Crippen LogP contribution is -2.37. The van der Waals surface area contributed by atoms with Crippen LogP contribution < -0.4 is 9.47 Å². The highest BCUT2D eigenvalue weighted by molar-refractivity contribution is 7.15. The number of hydrogen-bond acceptors (Lipinski definition) is 8. The van der Waals surface area contributed by atoms with Gasteiger partial charge in [-0.15, -0.1) is 11.3 Å². The van der Waals surface area contributed by atoms with E-state index in [0.29, 0.717) is 62.8 Å². The number of nitrogens with zero attached hydrogens (tertiary/aromatic N) is 7. The fraction of sp³-hybridized carbons (Fsp3) is 0.364. The van der Waals surface area contributed by atoms with Gasteiger partial charge in [0.2, 0.25) is 5.91 Å². The lowest BCUT2D eigenvalue weighted by atomic mass is 10.2. The smallest absolute Gasteiger partial charge is 0.255 e. The lowest BCUT2D eigenvalue weighted by molar-refractivity contribution is -0.130. The quantitative estimate of drug-likeness (QED) is 0.283. The standard InChI is InChI=1S/C33H37N7O4S/c1-24-6-7-26(22-35-24)32(42)39-12-4-3-11-37(30(41)21-27-23-40-17-19-45-33(40)36-27)15-16-38-14-10-34-31(38)25-8-9-28(43-2)29(20-25)44-18-5-13-39/h6-10,14,17,19-20,22-23H,3-5,11-13,15-16,18,21H2,1-2H3. The summed E-state index contributed by atoms with van der Waals surface area (Å²) >= 11 is 1.55. The number of carbonyl (C=O) groups excluding carboxylic acids is 2. The third-order valence-electron chi connectivity index (χ3n) is 7.96. The highest BCUT2D eigenvalue weighted by Gasteiger charge is 2.20. The number of amides is 2. The predicted molar refractivity (Wildman–Crippen MR) is 172 cm³/mol. The van der Waals surface area contributed by atoms with Crippen molar-refractivity contribution < 1.29 is 19.1 Å². The third kappa shape index (κ3) is 7.17. The topological polar surface area (TPSA) is 107 Å². The van der Waals surface area contributed by atoms with Crippen molar-refractivity contribution in [2.45, 2.75) is 39.2 Å². The summed E-state index contributed by atoms with van der Waals surface area (Å²) in [7, 11) is 1.62. The van der Waals surface area contributed by atoms with E-state index < -0.39 is 0 Å². The van der Waals surface area contributed by atoms with Gasteiger partial charge in [0, 0.05) is 80.3 Å². The first kappa shape index (κ1) is 30.3. The first-order chi connectivity index (χ1) is 22.0. The van der Waals surface area contributed by atoms with Crippen LogP contribution in [0.5, 0.6) is 11.5 Å². The van der Waals surface area contributed by atoms with Gasteiger partial charge in [-0.25, -0.2) is 9.97 Å². The highest BCUT2D eigenvalue weighted by Crippen LogP contribution is 2.32. The van der Waals surface area contributed by atoms with Crippen LogP contribution in [0.15, 0.2) is 66.7 Å². The zero-order chi connectivity index (χ0) is 31.2.